The van der Waals surface area contributed by atoms with Crippen molar-refractivity contribution < 1.29 is 14.6 Å². The lowest BCUT2D eigenvalue weighted by molar-refractivity contribution is -0.210. The smallest absolute Gasteiger partial charge is 0.285 e. The number of carbonyl (C=O) groups excluding carboxylic acids is 1. The highest BCUT2D eigenvalue weighted by molar-refractivity contribution is 6.43. The molecular formula is C8H5Cl3O3. The molecule has 1 aromatic rings. The molecule has 0 spiro atoms. The van der Waals surface area contributed by atoms with E-state index in [0.29, 0.717) is 5.02 Å². The molecule has 0 aliphatic carbocycles. The maximum atomic E-state index is 10.4. The third-order valence-corrected chi connectivity index (χ3v) is 2.24. The van der Waals surface area contributed by atoms with Crippen molar-refractivity contribution in [2.75, 3.05) is 0 Å². The Morgan fingerprint density at radius 2 is 1.71 bits per heavy atom. The minimum absolute atomic E-state index is 0.135. The summed E-state index contributed by atoms with van der Waals surface area (Å²) in [6.45, 7) is 1.20. The first kappa shape index (κ1) is 11.4. The molecule has 3 nitrogen and oxygen atoms in total. The number of benzene rings is 1. The molecule has 0 saturated carbocycles. The van der Waals surface area contributed by atoms with Crippen molar-refractivity contribution in [2.45, 2.75) is 6.92 Å². The second-order valence-electron chi connectivity index (χ2n) is 2.35. The summed E-state index contributed by atoms with van der Waals surface area (Å²) in [5.74, 6) is -0.455. The Labute approximate surface area is 95.4 Å². The Hall–Kier alpha value is -0.640. The molecule has 0 aromatic heterocycles. The van der Waals surface area contributed by atoms with Gasteiger partial charge in [0, 0.05) is 13.0 Å². The van der Waals surface area contributed by atoms with Crippen LogP contribution in [0.1, 0.15) is 6.92 Å². The van der Waals surface area contributed by atoms with Crippen molar-refractivity contribution in [3.05, 3.63) is 27.2 Å². The maximum Gasteiger partial charge on any atom is 0.352 e. The fraction of sp³-hybridized carbons (Fsp3) is 0.125. The number of hydrogen-bond acceptors (Lipinski definition) is 3. The van der Waals surface area contributed by atoms with E-state index in [9.17, 15) is 4.79 Å². The molecule has 6 heteroatoms. The average molecular weight is 255 g/mol. The van der Waals surface area contributed by atoms with Gasteiger partial charge >= 0.3 is 5.97 Å². The van der Waals surface area contributed by atoms with Gasteiger partial charge in [-0.25, -0.2) is 4.79 Å². The van der Waals surface area contributed by atoms with Gasteiger partial charge in [0.05, 0.1) is 15.1 Å². The van der Waals surface area contributed by atoms with E-state index in [1.165, 1.54) is 19.1 Å². The molecule has 0 N–H and O–H groups in total. The van der Waals surface area contributed by atoms with Crippen LogP contribution in [-0.2, 0) is 9.68 Å². The summed E-state index contributed by atoms with van der Waals surface area (Å²) in [4.78, 5) is 19.3. The third kappa shape index (κ3) is 2.94. The van der Waals surface area contributed by atoms with Crippen molar-refractivity contribution in [1.29, 1.82) is 0 Å². The van der Waals surface area contributed by atoms with Gasteiger partial charge in [-0.3, -0.25) is 9.78 Å². The molecule has 0 radical (unpaired) electrons. The maximum absolute atomic E-state index is 10.4. The number of halogens is 3. The van der Waals surface area contributed by atoms with Crippen LogP contribution < -0.4 is 4.89 Å². The number of hydrogen-bond donors (Lipinski definition) is 0. The van der Waals surface area contributed by atoms with Gasteiger partial charge in [-0.05, 0) is 6.07 Å². The SMILES string of the molecule is CC(=O)OOc1cc(Cl)c(Cl)cc1Cl. The minimum Gasteiger partial charge on any atom is -0.285 e. The van der Waals surface area contributed by atoms with Crippen molar-refractivity contribution in [1.82, 2.24) is 0 Å². The molecule has 1 aromatic carbocycles. The summed E-state index contributed by atoms with van der Waals surface area (Å²) < 4.78 is 0. The summed E-state index contributed by atoms with van der Waals surface area (Å²) in [6.07, 6.45) is 0. The van der Waals surface area contributed by atoms with Crippen LogP contribution in [0.3, 0.4) is 0 Å². The predicted octanol–water partition coefficient (Wildman–Crippen LogP) is 3.50. The van der Waals surface area contributed by atoms with E-state index in [2.05, 4.69) is 9.78 Å². The highest BCUT2D eigenvalue weighted by Crippen LogP contribution is 2.33. The van der Waals surface area contributed by atoms with Crippen LogP contribution in [0.4, 0.5) is 0 Å². The van der Waals surface area contributed by atoms with Gasteiger partial charge in [0.1, 0.15) is 0 Å². The zero-order chi connectivity index (χ0) is 10.7. The van der Waals surface area contributed by atoms with Gasteiger partial charge in [-0.15, -0.1) is 0 Å². The molecular weight excluding hydrogens is 250 g/mol. The number of rotatable bonds is 2. The lowest BCUT2D eigenvalue weighted by Gasteiger charge is -2.05. The van der Waals surface area contributed by atoms with Crippen LogP contribution >= 0.6 is 34.8 Å². The Kier molecular flexibility index (Phi) is 3.86. The fourth-order valence-electron chi connectivity index (χ4n) is 0.672. The zero-order valence-corrected chi connectivity index (χ0v) is 9.28. The second-order valence-corrected chi connectivity index (χ2v) is 3.58. The summed E-state index contributed by atoms with van der Waals surface area (Å²) in [5, 5.41) is 0.769. The van der Waals surface area contributed by atoms with Gasteiger partial charge < -0.3 is 0 Å². The van der Waals surface area contributed by atoms with E-state index in [0.717, 1.165) is 0 Å². The van der Waals surface area contributed by atoms with Gasteiger partial charge in [0.2, 0.25) is 0 Å². The molecule has 1 rings (SSSR count). The molecule has 14 heavy (non-hydrogen) atoms. The molecule has 0 heterocycles. The standard InChI is InChI=1S/C8H5Cl3O3/c1-4(12)13-14-8-3-6(10)5(9)2-7(8)11/h2-3H,1H3. The van der Waals surface area contributed by atoms with Crippen molar-refractivity contribution in [3.8, 4) is 5.75 Å². The Balaban J connectivity index is 2.87. The zero-order valence-electron chi connectivity index (χ0n) is 7.01. The minimum atomic E-state index is -0.591. The summed E-state index contributed by atoms with van der Waals surface area (Å²) >= 11 is 17.1. The molecule has 0 aliphatic heterocycles. The molecule has 0 saturated heterocycles. The molecule has 0 aliphatic rings. The summed E-state index contributed by atoms with van der Waals surface area (Å²) in [7, 11) is 0. The monoisotopic (exact) mass is 254 g/mol. The van der Waals surface area contributed by atoms with Gasteiger partial charge in [-0.1, -0.05) is 34.8 Å². The van der Waals surface area contributed by atoms with Crippen LogP contribution in [-0.4, -0.2) is 5.97 Å². The van der Waals surface area contributed by atoms with Gasteiger partial charge in [0.25, 0.3) is 0 Å². The first-order chi connectivity index (χ1) is 6.50. The van der Waals surface area contributed by atoms with Crippen molar-refractivity contribution in [2.24, 2.45) is 0 Å². The molecule has 0 bridgehead atoms. The fourth-order valence-corrected chi connectivity index (χ4v) is 1.24. The number of carbonyl (C=O) groups is 1. The first-order valence-electron chi connectivity index (χ1n) is 3.50. The normalized spacial score (nSPS) is 9.71. The van der Waals surface area contributed by atoms with Crippen LogP contribution in [0.15, 0.2) is 12.1 Å². The van der Waals surface area contributed by atoms with E-state index in [1.807, 2.05) is 0 Å². The highest BCUT2D eigenvalue weighted by atomic mass is 35.5. The molecule has 0 atom stereocenters. The van der Waals surface area contributed by atoms with E-state index in [1.54, 1.807) is 0 Å². The topological polar surface area (TPSA) is 35.5 Å². The van der Waals surface area contributed by atoms with Gasteiger partial charge in [0.15, 0.2) is 5.75 Å². The highest BCUT2D eigenvalue weighted by Gasteiger charge is 2.09. The summed E-state index contributed by atoms with van der Waals surface area (Å²) in [6, 6.07) is 2.75. The molecule has 0 amide bonds. The van der Waals surface area contributed by atoms with E-state index in [-0.39, 0.29) is 15.8 Å². The third-order valence-electron chi connectivity index (χ3n) is 1.22. The molecule has 0 unspecified atom stereocenters. The van der Waals surface area contributed by atoms with E-state index < -0.39 is 5.97 Å². The molecule has 76 valence electrons. The van der Waals surface area contributed by atoms with E-state index in [4.69, 9.17) is 34.8 Å². The largest absolute Gasteiger partial charge is 0.352 e. The Morgan fingerprint density at radius 3 is 2.29 bits per heavy atom. The van der Waals surface area contributed by atoms with Crippen LogP contribution in [0, 0.1) is 0 Å². The first-order valence-corrected chi connectivity index (χ1v) is 4.63. The Morgan fingerprint density at radius 1 is 1.14 bits per heavy atom. The van der Waals surface area contributed by atoms with Crippen molar-refractivity contribution in [3.63, 3.8) is 0 Å². The quantitative estimate of drug-likeness (QED) is 0.461. The van der Waals surface area contributed by atoms with Crippen LogP contribution in [0.5, 0.6) is 5.75 Å². The second kappa shape index (κ2) is 4.73. The van der Waals surface area contributed by atoms with Crippen LogP contribution in [0.25, 0.3) is 0 Å². The predicted molar refractivity (Wildman–Crippen MR) is 53.9 cm³/mol. The van der Waals surface area contributed by atoms with Crippen LogP contribution in [0.2, 0.25) is 15.1 Å². The lowest BCUT2D eigenvalue weighted by Crippen LogP contribution is -2.03. The summed E-state index contributed by atoms with van der Waals surface area (Å²) in [5.41, 5.74) is 0. The Bertz CT molecular complexity index is 365. The van der Waals surface area contributed by atoms with Gasteiger partial charge in [-0.2, -0.15) is 0 Å². The average Bonchev–Trinajstić information content (AvgIpc) is 2.09. The lowest BCUT2D eigenvalue weighted by atomic mass is 10.3. The van der Waals surface area contributed by atoms with Crippen molar-refractivity contribution >= 4 is 40.8 Å². The molecule has 0 fully saturated rings. The van der Waals surface area contributed by atoms with E-state index >= 15 is 0 Å².